The number of nitrogens with one attached hydrogen (secondary N) is 1. The van der Waals surface area contributed by atoms with E-state index in [4.69, 9.17) is 0 Å². The van der Waals surface area contributed by atoms with Crippen LogP contribution in [0, 0.1) is 0 Å². The predicted octanol–water partition coefficient (Wildman–Crippen LogP) is 2.41. The van der Waals surface area contributed by atoms with Gasteiger partial charge in [-0.15, -0.1) is 11.3 Å². The van der Waals surface area contributed by atoms with Crippen LogP contribution in [0.15, 0.2) is 29.8 Å². The maximum atomic E-state index is 4.31. The lowest BCUT2D eigenvalue weighted by Gasteiger charge is -2.00. The number of nitrogens with zero attached hydrogens (tertiary/aromatic N) is 1. The molecule has 70 valence electrons. The van der Waals surface area contributed by atoms with Gasteiger partial charge in [-0.3, -0.25) is 0 Å². The van der Waals surface area contributed by atoms with E-state index in [-0.39, 0.29) is 0 Å². The minimum absolute atomic E-state index is 0.995. The molecule has 1 N–H and O–H groups in total. The molecular weight excluding hydrogens is 192 g/mol. The summed E-state index contributed by atoms with van der Waals surface area (Å²) in [6, 6.07) is 6.60. The number of aromatic nitrogens is 1. The van der Waals surface area contributed by atoms with Gasteiger partial charge in [0, 0.05) is 30.2 Å². The molecule has 0 amide bonds. The van der Waals surface area contributed by atoms with Gasteiger partial charge in [0.05, 0.1) is 0 Å². The summed E-state index contributed by atoms with van der Waals surface area (Å²) < 4.78 is 0. The van der Waals surface area contributed by atoms with Crippen molar-refractivity contribution in [2.45, 2.75) is 13.1 Å². The zero-order chi connectivity index (χ0) is 9.38. The van der Waals surface area contributed by atoms with Gasteiger partial charge < -0.3 is 5.32 Å². The molecule has 0 fully saturated rings. The number of thiazole rings is 1. The van der Waals surface area contributed by atoms with Crippen LogP contribution in [0.5, 0.6) is 0 Å². The second kappa shape index (κ2) is 3.19. The lowest BCUT2D eigenvalue weighted by molar-refractivity contribution is 0.765. The van der Waals surface area contributed by atoms with Crippen LogP contribution < -0.4 is 5.32 Å². The van der Waals surface area contributed by atoms with Gasteiger partial charge >= 0.3 is 0 Å². The second-order valence-corrected chi connectivity index (χ2v) is 4.32. The molecule has 0 unspecified atom stereocenters. The Labute approximate surface area is 86.6 Å². The highest BCUT2D eigenvalue weighted by molar-refractivity contribution is 7.13. The van der Waals surface area contributed by atoms with Crippen LogP contribution >= 0.6 is 11.3 Å². The van der Waals surface area contributed by atoms with Gasteiger partial charge in [0.1, 0.15) is 5.01 Å². The third-order valence-electron chi connectivity index (χ3n) is 2.52. The Morgan fingerprint density at radius 2 is 2.14 bits per heavy atom. The maximum Gasteiger partial charge on any atom is 0.123 e. The summed E-state index contributed by atoms with van der Waals surface area (Å²) in [6.07, 6.45) is 1.85. The average molecular weight is 202 g/mol. The lowest BCUT2D eigenvalue weighted by atomic mass is 10.1. The van der Waals surface area contributed by atoms with Crippen LogP contribution in [0.3, 0.4) is 0 Å². The van der Waals surface area contributed by atoms with E-state index in [0.717, 1.165) is 18.1 Å². The molecule has 2 aromatic rings. The van der Waals surface area contributed by atoms with Gasteiger partial charge in [-0.2, -0.15) is 0 Å². The molecule has 3 heteroatoms. The number of benzene rings is 1. The number of hydrogen-bond donors (Lipinski definition) is 1. The number of hydrogen-bond acceptors (Lipinski definition) is 3. The number of fused-ring (bicyclic) bond motifs is 1. The molecule has 0 atom stereocenters. The van der Waals surface area contributed by atoms with Gasteiger partial charge in [-0.25, -0.2) is 4.98 Å². The van der Waals surface area contributed by atoms with Crippen molar-refractivity contribution in [1.29, 1.82) is 0 Å². The Balaban J connectivity index is 2.09. The highest BCUT2D eigenvalue weighted by Gasteiger charge is 2.11. The first kappa shape index (κ1) is 8.15. The first-order chi connectivity index (χ1) is 6.93. The van der Waals surface area contributed by atoms with Gasteiger partial charge in [0.15, 0.2) is 0 Å². The molecule has 1 aliphatic heterocycles. The molecule has 0 aliphatic carbocycles. The summed E-state index contributed by atoms with van der Waals surface area (Å²) in [5.41, 5.74) is 4.07. The summed E-state index contributed by atoms with van der Waals surface area (Å²) in [6.45, 7) is 2.00. The van der Waals surface area contributed by atoms with Crippen LogP contribution in [-0.4, -0.2) is 4.98 Å². The average Bonchev–Trinajstić information content (AvgIpc) is 2.88. The molecule has 3 rings (SSSR count). The smallest absolute Gasteiger partial charge is 0.123 e. The van der Waals surface area contributed by atoms with E-state index in [2.05, 4.69) is 28.5 Å². The van der Waals surface area contributed by atoms with Crippen molar-refractivity contribution in [3.05, 3.63) is 40.9 Å². The fraction of sp³-hybridized carbons (Fsp3) is 0.182. The van der Waals surface area contributed by atoms with Crippen molar-refractivity contribution in [3.8, 4) is 10.6 Å². The number of rotatable bonds is 1. The van der Waals surface area contributed by atoms with Crippen molar-refractivity contribution in [3.63, 3.8) is 0 Å². The largest absolute Gasteiger partial charge is 0.309 e. The van der Waals surface area contributed by atoms with E-state index in [9.17, 15) is 0 Å². The van der Waals surface area contributed by atoms with Gasteiger partial charge in [-0.1, -0.05) is 12.1 Å². The van der Waals surface area contributed by atoms with Gasteiger partial charge in [-0.05, 0) is 17.2 Å². The molecular formula is C11H10N2S. The normalized spacial score (nSPS) is 14.3. The lowest BCUT2D eigenvalue weighted by Crippen LogP contribution is -1.99. The van der Waals surface area contributed by atoms with Crippen LogP contribution in [0.25, 0.3) is 10.6 Å². The summed E-state index contributed by atoms with van der Waals surface area (Å²) in [5, 5.41) is 6.47. The van der Waals surface area contributed by atoms with Crippen LogP contribution in [-0.2, 0) is 13.1 Å². The Bertz CT molecular complexity index is 448. The monoisotopic (exact) mass is 202 g/mol. The van der Waals surface area contributed by atoms with E-state index in [1.54, 1.807) is 11.3 Å². The first-order valence-electron chi connectivity index (χ1n) is 4.66. The molecule has 1 aromatic heterocycles. The highest BCUT2D eigenvalue weighted by atomic mass is 32.1. The van der Waals surface area contributed by atoms with Crippen molar-refractivity contribution < 1.29 is 0 Å². The van der Waals surface area contributed by atoms with E-state index in [1.165, 1.54) is 16.7 Å². The molecule has 1 aromatic carbocycles. The van der Waals surface area contributed by atoms with Gasteiger partial charge in [0.2, 0.25) is 0 Å². The van der Waals surface area contributed by atoms with E-state index < -0.39 is 0 Å². The fourth-order valence-electron chi connectivity index (χ4n) is 1.79. The summed E-state index contributed by atoms with van der Waals surface area (Å²) in [4.78, 5) is 4.31. The molecule has 1 aliphatic rings. The Morgan fingerprint density at radius 1 is 1.21 bits per heavy atom. The van der Waals surface area contributed by atoms with Crippen LogP contribution in [0.4, 0.5) is 0 Å². The standard InChI is InChI=1S/C11H10N2S/c1-2-9-6-12-7-10(9)5-8(1)11-13-3-4-14-11/h1-5,12H,6-7H2. The summed E-state index contributed by atoms with van der Waals surface area (Å²) >= 11 is 1.69. The highest BCUT2D eigenvalue weighted by Crippen LogP contribution is 2.26. The van der Waals surface area contributed by atoms with E-state index in [1.807, 2.05) is 11.6 Å². The fourth-order valence-corrected chi connectivity index (χ4v) is 2.43. The molecule has 2 nitrogen and oxygen atoms in total. The summed E-state index contributed by atoms with van der Waals surface area (Å²) in [5.74, 6) is 0. The Morgan fingerprint density at radius 3 is 3.00 bits per heavy atom. The third-order valence-corrected chi connectivity index (χ3v) is 3.34. The Hall–Kier alpha value is -1.19. The van der Waals surface area contributed by atoms with Crippen molar-refractivity contribution >= 4 is 11.3 Å². The predicted molar refractivity (Wildman–Crippen MR) is 58.1 cm³/mol. The maximum absolute atomic E-state index is 4.31. The minimum Gasteiger partial charge on any atom is -0.309 e. The van der Waals surface area contributed by atoms with Crippen molar-refractivity contribution in [2.75, 3.05) is 0 Å². The minimum atomic E-state index is 0.995. The van der Waals surface area contributed by atoms with Crippen molar-refractivity contribution in [1.82, 2.24) is 10.3 Å². The SMILES string of the molecule is c1csc(-c2ccc3c(c2)CNC3)n1. The molecule has 0 bridgehead atoms. The summed E-state index contributed by atoms with van der Waals surface area (Å²) in [7, 11) is 0. The molecule has 2 heterocycles. The Kier molecular flexibility index (Phi) is 1.85. The molecule has 0 spiro atoms. The molecule has 0 saturated carbocycles. The van der Waals surface area contributed by atoms with Gasteiger partial charge in [0.25, 0.3) is 0 Å². The molecule has 14 heavy (non-hydrogen) atoms. The molecule has 0 saturated heterocycles. The zero-order valence-corrected chi connectivity index (χ0v) is 8.47. The zero-order valence-electron chi connectivity index (χ0n) is 7.66. The second-order valence-electron chi connectivity index (χ2n) is 3.42. The third kappa shape index (κ3) is 1.25. The van der Waals surface area contributed by atoms with E-state index in [0.29, 0.717) is 0 Å². The van der Waals surface area contributed by atoms with E-state index >= 15 is 0 Å². The quantitative estimate of drug-likeness (QED) is 0.768. The first-order valence-corrected chi connectivity index (χ1v) is 5.54. The van der Waals surface area contributed by atoms with Crippen LogP contribution in [0.2, 0.25) is 0 Å². The molecule has 0 radical (unpaired) electrons. The van der Waals surface area contributed by atoms with Crippen molar-refractivity contribution in [2.24, 2.45) is 0 Å². The van der Waals surface area contributed by atoms with Crippen LogP contribution in [0.1, 0.15) is 11.1 Å². The topological polar surface area (TPSA) is 24.9 Å².